The van der Waals surface area contributed by atoms with Crippen molar-refractivity contribution < 1.29 is 18.8 Å². The van der Waals surface area contributed by atoms with E-state index in [1.807, 2.05) is 18.2 Å². The molecule has 3 amide bonds. The minimum Gasteiger partial charge on any atom is -0.322 e. The van der Waals surface area contributed by atoms with E-state index in [0.717, 1.165) is 18.7 Å². The fourth-order valence-corrected chi connectivity index (χ4v) is 6.96. The van der Waals surface area contributed by atoms with Crippen LogP contribution in [0.2, 0.25) is 0 Å². The van der Waals surface area contributed by atoms with Crippen LogP contribution in [0.1, 0.15) is 65.3 Å². The number of carbonyl (C=O) groups excluding carboxylic acids is 3. The Hall–Kier alpha value is -3.88. The Bertz CT molecular complexity index is 1410. The van der Waals surface area contributed by atoms with E-state index in [1.165, 1.54) is 22.1 Å². The van der Waals surface area contributed by atoms with Crippen LogP contribution in [0, 0.1) is 5.82 Å². The molecule has 3 aliphatic heterocycles. The molecule has 3 unspecified atom stereocenters. The van der Waals surface area contributed by atoms with Crippen LogP contribution < -0.4 is 5.32 Å². The normalized spacial score (nSPS) is 23.7. The van der Waals surface area contributed by atoms with E-state index in [-0.39, 0.29) is 49.0 Å². The predicted octanol–water partition coefficient (Wildman–Crippen LogP) is 4.27. The fraction of sp³-hybridized carbons (Fsp3) is 0.364. The SMILES string of the molecule is CC1CN(Cc2cc(F)c3c(c2)CN(C2CCC(=O)NC2=O)C3=O)CC(C)N1C(c1ccccc1)c1ccccc1. The summed E-state index contributed by atoms with van der Waals surface area (Å²) in [7, 11) is 0. The molecule has 0 aliphatic carbocycles. The van der Waals surface area contributed by atoms with E-state index in [4.69, 9.17) is 0 Å². The number of piperidine rings is 1. The zero-order valence-corrected chi connectivity index (χ0v) is 23.4. The smallest absolute Gasteiger partial charge is 0.258 e. The molecule has 2 fully saturated rings. The maximum Gasteiger partial charge on any atom is 0.258 e. The largest absolute Gasteiger partial charge is 0.322 e. The van der Waals surface area contributed by atoms with Gasteiger partial charge in [-0.15, -0.1) is 0 Å². The molecule has 212 valence electrons. The summed E-state index contributed by atoms with van der Waals surface area (Å²) in [6.07, 6.45) is 0.424. The minimum absolute atomic E-state index is 0.0403. The van der Waals surface area contributed by atoms with Crippen LogP contribution in [0.15, 0.2) is 72.8 Å². The lowest BCUT2D eigenvalue weighted by Gasteiger charge is -2.48. The molecular formula is C33H35FN4O3. The molecule has 3 heterocycles. The Morgan fingerprint density at radius 2 is 1.51 bits per heavy atom. The molecular weight excluding hydrogens is 519 g/mol. The Kier molecular flexibility index (Phi) is 7.45. The lowest BCUT2D eigenvalue weighted by molar-refractivity contribution is -0.136. The summed E-state index contributed by atoms with van der Waals surface area (Å²) < 4.78 is 15.3. The van der Waals surface area contributed by atoms with Crippen molar-refractivity contribution in [3.63, 3.8) is 0 Å². The Morgan fingerprint density at radius 1 is 0.902 bits per heavy atom. The number of fused-ring (bicyclic) bond motifs is 1. The molecule has 1 N–H and O–H groups in total. The molecule has 7 nitrogen and oxygen atoms in total. The van der Waals surface area contributed by atoms with Gasteiger partial charge in [0.2, 0.25) is 11.8 Å². The number of hydrogen-bond acceptors (Lipinski definition) is 5. The van der Waals surface area contributed by atoms with Gasteiger partial charge >= 0.3 is 0 Å². The first-order valence-corrected chi connectivity index (χ1v) is 14.4. The van der Waals surface area contributed by atoms with Gasteiger partial charge in [-0.2, -0.15) is 0 Å². The molecule has 3 aromatic carbocycles. The summed E-state index contributed by atoms with van der Waals surface area (Å²) in [5, 5.41) is 2.30. The van der Waals surface area contributed by atoms with Gasteiger partial charge < -0.3 is 4.90 Å². The number of piperazine rings is 1. The number of nitrogens with zero attached hydrogens (tertiary/aromatic N) is 3. The van der Waals surface area contributed by atoms with Crippen molar-refractivity contribution in [2.24, 2.45) is 0 Å². The average Bonchev–Trinajstić information content (AvgIpc) is 3.27. The van der Waals surface area contributed by atoms with E-state index in [2.05, 4.69) is 77.5 Å². The molecule has 0 spiro atoms. The zero-order chi connectivity index (χ0) is 28.7. The van der Waals surface area contributed by atoms with Crippen LogP contribution in [0.5, 0.6) is 0 Å². The number of benzene rings is 3. The van der Waals surface area contributed by atoms with Gasteiger partial charge in [-0.3, -0.25) is 29.5 Å². The van der Waals surface area contributed by atoms with Gasteiger partial charge in [-0.25, -0.2) is 4.39 Å². The van der Waals surface area contributed by atoms with Gasteiger partial charge in [0.15, 0.2) is 0 Å². The third-order valence-corrected chi connectivity index (χ3v) is 8.63. The second-order valence-electron chi connectivity index (χ2n) is 11.6. The Morgan fingerprint density at radius 3 is 2.10 bits per heavy atom. The van der Waals surface area contributed by atoms with Crippen LogP contribution in [-0.4, -0.2) is 63.6 Å². The van der Waals surface area contributed by atoms with Crippen LogP contribution in [-0.2, 0) is 22.7 Å². The van der Waals surface area contributed by atoms with Gasteiger partial charge in [0, 0.05) is 44.7 Å². The first-order chi connectivity index (χ1) is 19.8. The number of rotatable bonds is 6. The first kappa shape index (κ1) is 27.3. The van der Waals surface area contributed by atoms with Crippen LogP contribution in [0.3, 0.4) is 0 Å². The molecule has 6 rings (SSSR count). The van der Waals surface area contributed by atoms with Crippen molar-refractivity contribution >= 4 is 17.7 Å². The number of nitrogens with one attached hydrogen (secondary N) is 1. The van der Waals surface area contributed by atoms with Crippen molar-refractivity contribution in [1.82, 2.24) is 20.0 Å². The molecule has 3 atom stereocenters. The highest BCUT2D eigenvalue weighted by atomic mass is 19.1. The molecule has 0 aromatic heterocycles. The van der Waals surface area contributed by atoms with E-state index < -0.39 is 23.7 Å². The molecule has 0 saturated carbocycles. The Labute approximate surface area is 239 Å². The van der Waals surface area contributed by atoms with E-state index in [1.54, 1.807) is 0 Å². The number of halogens is 1. The van der Waals surface area contributed by atoms with Gasteiger partial charge in [0.25, 0.3) is 5.91 Å². The zero-order valence-electron chi connectivity index (χ0n) is 23.4. The quantitative estimate of drug-likeness (QED) is 0.461. The predicted molar refractivity (Wildman–Crippen MR) is 153 cm³/mol. The van der Waals surface area contributed by atoms with Gasteiger partial charge in [-0.05, 0) is 48.6 Å². The van der Waals surface area contributed by atoms with Crippen LogP contribution in [0.4, 0.5) is 4.39 Å². The second kappa shape index (κ2) is 11.2. The monoisotopic (exact) mass is 554 g/mol. The molecule has 41 heavy (non-hydrogen) atoms. The molecule has 3 aromatic rings. The van der Waals surface area contributed by atoms with Crippen molar-refractivity contribution in [3.8, 4) is 0 Å². The Balaban J connectivity index is 1.19. The number of imide groups is 1. The topological polar surface area (TPSA) is 73.0 Å². The molecule has 0 bridgehead atoms. The first-order valence-electron chi connectivity index (χ1n) is 14.4. The number of amides is 3. The van der Waals surface area contributed by atoms with Crippen molar-refractivity contribution in [1.29, 1.82) is 0 Å². The van der Waals surface area contributed by atoms with Crippen LogP contribution in [0.25, 0.3) is 0 Å². The number of carbonyl (C=O) groups is 3. The van der Waals surface area contributed by atoms with Crippen LogP contribution >= 0.6 is 0 Å². The standard InChI is InChI=1S/C33H35FN4O3/c1-21-17-36(18-22(2)38(21)31(24-9-5-3-6-10-24)25-11-7-4-8-12-25)19-23-15-26-20-37(33(41)30(26)27(34)16-23)28-13-14-29(39)35-32(28)40/h3-12,15-16,21-22,28,31H,13-14,17-20H2,1-2H3,(H,35,39,40). The highest BCUT2D eigenvalue weighted by molar-refractivity contribution is 6.05. The molecule has 0 radical (unpaired) electrons. The van der Waals surface area contributed by atoms with Crippen molar-refractivity contribution in [2.75, 3.05) is 13.1 Å². The minimum atomic E-state index is -0.757. The number of hydrogen-bond donors (Lipinski definition) is 1. The maximum atomic E-state index is 15.3. The lowest BCUT2D eigenvalue weighted by atomic mass is 9.92. The third kappa shape index (κ3) is 5.29. The second-order valence-corrected chi connectivity index (χ2v) is 11.6. The highest BCUT2D eigenvalue weighted by Crippen LogP contribution is 2.35. The maximum absolute atomic E-state index is 15.3. The van der Waals surface area contributed by atoms with E-state index in [9.17, 15) is 14.4 Å². The molecule has 8 heteroatoms. The molecule has 3 aliphatic rings. The van der Waals surface area contributed by atoms with E-state index >= 15 is 4.39 Å². The third-order valence-electron chi connectivity index (χ3n) is 8.63. The summed E-state index contributed by atoms with van der Waals surface area (Å²) >= 11 is 0. The summed E-state index contributed by atoms with van der Waals surface area (Å²) in [6, 6.07) is 24.4. The summed E-state index contributed by atoms with van der Waals surface area (Å²) in [6.45, 7) is 6.88. The molecule has 2 saturated heterocycles. The lowest BCUT2D eigenvalue weighted by Crippen LogP contribution is -2.57. The summed E-state index contributed by atoms with van der Waals surface area (Å²) in [5.74, 6) is -1.87. The highest BCUT2D eigenvalue weighted by Gasteiger charge is 2.41. The summed E-state index contributed by atoms with van der Waals surface area (Å²) in [5.41, 5.74) is 3.98. The average molecular weight is 555 g/mol. The fourth-order valence-electron chi connectivity index (χ4n) is 6.96. The van der Waals surface area contributed by atoms with E-state index in [0.29, 0.717) is 12.1 Å². The van der Waals surface area contributed by atoms with Gasteiger partial charge in [0.1, 0.15) is 11.9 Å². The summed E-state index contributed by atoms with van der Waals surface area (Å²) in [4.78, 5) is 43.4. The van der Waals surface area contributed by atoms with Gasteiger partial charge in [0.05, 0.1) is 11.6 Å². The van der Waals surface area contributed by atoms with Gasteiger partial charge in [-0.1, -0.05) is 66.7 Å². The van der Waals surface area contributed by atoms with Crippen molar-refractivity contribution in [3.05, 3.63) is 106 Å². The van der Waals surface area contributed by atoms with Crippen molar-refractivity contribution in [2.45, 2.75) is 63.9 Å².